The van der Waals surface area contributed by atoms with Gasteiger partial charge < -0.3 is 14.6 Å². The van der Waals surface area contributed by atoms with Gasteiger partial charge in [-0.2, -0.15) is 0 Å². The fourth-order valence-corrected chi connectivity index (χ4v) is 2.97. The van der Waals surface area contributed by atoms with Gasteiger partial charge >= 0.3 is 5.97 Å². The molecule has 1 aliphatic heterocycles. The second kappa shape index (κ2) is 5.64. The van der Waals surface area contributed by atoms with Crippen molar-refractivity contribution in [3.63, 3.8) is 0 Å². The predicted octanol–water partition coefficient (Wildman–Crippen LogP) is 1.49. The summed E-state index contributed by atoms with van der Waals surface area (Å²) in [4.78, 5) is 30.0. The van der Waals surface area contributed by atoms with E-state index in [4.69, 9.17) is 0 Å². The Morgan fingerprint density at radius 3 is 2.85 bits per heavy atom. The second-order valence-electron chi connectivity index (χ2n) is 5.19. The van der Waals surface area contributed by atoms with Crippen LogP contribution in [0, 0.1) is 0 Å². The fraction of sp³-hybridized carbons (Fsp3) is 0.643. The molecule has 0 saturated carbocycles. The quantitative estimate of drug-likeness (QED) is 0.883. The molecule has 1 aromatic rings. The van der Waals surface area contributed by atoms with E-state index >= 15 is 0 Å². The summed E-state index contributed by atoms with van der Waals surface area (Å²) in [5, 5.41) is 9.58. The number of rotatable bonds is 5. The lowest BCUT2D eigenvalue weighted by Crippen LogP contribution is -2.52. The number of nitrogens with zero attached hydrogens (tertiary/aromatic N) is 3. The first-order valence-electron chi connectivity index (χ1n) is 7.13. The van der Waals surface area contributed by atoms with Crippen molar-refractivity contribution in [2.75, 3.05) is 11.4 Å². The third kappa shape index (κ3) is 2.19. The minimum absolute atomic E-state index is 0.199. The maximum absolute atomic E-state index is 12.4. The molecule has 0 radical (unpaired) electrons. The predicted molar refractivity (Wildman–Crippen MR) is 76.0 cm³/mol. The largest absolute Gasteiger partial charge is 0.479 e. The van der Waals surface area contributed by atoms with Gasteiger partial charge in [-0.05, 0) is 25.7 Å². The molecule has 1 fully saturated rings. The third-order valence-electron chi connectivity index (χ3n) is 4.09. The molecular weight excluding hydrogens is 258 g/mol. The topological polar surface area (TPSA) is 75.4 Å². The highest BCUT2D eigenvalue weighted by molar-refractivity contribution is 5.83. The van der Waals surface area contributed by atoms with E-state index in [2.05, 4.69) is 4.98 Å². The maximum Gasteiger partial charge on any atom is 0.329 e. The summed E-state index contributed by atoms with van der Waals surface area (Å²) in [6, 6.07) is 0. The van der Waals surface area contributed by atoms with Crippen molar-refractivity contribution in [3.05, 3.63) is 22.7 Å². The van der Waals surface area contributed by atoms with Crippen molar-refractivity contribution >= 4 is 11.8 Å². The number of aryl methyl sites for hydroxylation is 1. The van der Waals surface area contributed by atoms with Crippen molar-refractivity contribution in [1.29, 1.82) is 0 Å². The summed E-state index contributed by atoms with van der Waals surface area (Å²) in [6.45, 7) is 5.03. The van der Waals surface area contributed by atoms with Gasteiger partial charge in [0.25, 0.3) is 5.56 Å². The Morgan fingerprint density at radius 2 is 2.25 bits per heavy atom. The van der Waals surface area contributed by atoms with Crippen LogP contribution < -0.4 is 10.5 Å². The summed E-state index contributed by atoms with van der Waals surface area (Å²) < 4.78 is 1.60. The van der Waals surface area contributed by atoms with E-state index in [0.717, 1.165) is 12.8 Å². The van der Waals surface area contributed by atoms with Crippen LogP contribution in [0.5, 0.6) is 0 Å². The molecule has 2 rings (SSSR count). The van der Waals surface area contributed by atoms with Crippen LogP contribution in [0.4, 0.5) is 5.82 Å². The molecule has 1 N–H and O–H groups in total. The van der Waals surface area contributed by atoms with Gasteiger partial charge in [-0.3, -0.25) is 4.79 Å². The zero-order valence-corrected chi connectivity index (χ0v) is 12.0. The Hall–Kier alpha value is -1.85. The summed E-state index contributed by atoms with van der Waals surface area (Å²) in [5.74, 6) is -0.604. The van der Waals surface area contributed by atoms with Crippen LogP contribution in [0.15, 0.2) is 17.2 Å². The SMILES string of the molecule is CCCn1ccnc(N2CCCC2(CC)C(=O)O)c1=O. The Labute approximate surface area is 118 Å². The molecule has 0 amide bonds. The lowest BCUT2D eigenvalue weighted by molar-refractivity contribution is -0.143. The van der Waals surface area contributed by atoms with Gasteiger partial charge in [-0.15, -0.1) is 0 Å². The number of hydrogen-bond donors (Lipinski definition) is 1. The van der Waals surface area contributed by atoms with Gasteiger partial charge in [0.05, 0.1) is 0 Å². The monoisotopic (exact) mass is 279 g/mol. The molecule has 1 unspecified atom stereocenters. The zero-order chi connectivity index (χ0) is 14.8. The highest BCUT2D eigenvalue weighted by Crippen LogP contribution is 2.34. The molecule has 0 aliphatic carbocycles. The molecule has 0 spiro atoms. The average Bonchev–Trinajstić information content (AvgIpc) is 2.86. The van der Waals surface area contributed by atoms with Gasteiger partial charge in [0.15, 0.2) is 5.82 Å². The molecule has 1 saturated heterocycles. The molecule has 2 heterocycles. The van der Waals surface area contributed by atoms with Crippen LogP contribution in [0.3, 0.4) is 0 Å². The van der Waals surface area contributed by atoms with Crippen LogP contribution in [-0.4, -0.2) is 32.7 Å². The molecule has 20 heavy (non-hydrogen) atoms. The third-order valence-corrected chi connectivity index (χ3v) is 4.09. The van der Waals surface area contributed by atoms with Gasteiger partial charge in [0.1, 0.15) is 5.54 Å². The number of carboxylic acid groups (broad SMARTS) is 1. The van der Waals surface area contributed by atoms with Crippen LogP contribution >= 0.6 is 0 Å². The number of anilines is 1. The zero-order valence-electron chi connectivity index (χ0n) is 12.0. The number of carbonyl (C=O) groups is 1. The molecule has 1 atom stereocenters. The van der Waals surface area contributed by atoms with E-state index in [1.165, 1.54) is 0 Å². The first-order valence-corrected chi connectivity index (χ1v) is 7.13. The van der Waals surface area contributed by atoms with Gasteiger partial charge in [0.2, 0.25) is 0 Å². The molecule has 1 aromatic heterocycles. The summed E-state index contributed by atoms with van der Waals surface area (Å²) >= 11 is 0. The normalized spacial score (nSPS) is 22.2. The van der Waals surface area contributed by atoms with Crippen molar-refractivity contribution in [3.8, 4) is 0 Å². The summed E-state index contributed by atoms with van der Waals surface area (Å²) in [6.07, 6.45) is 5.87. The number of aromatic nitrogens is 2. The van der Waals surface area contributed by atoms with E-state index in [1.54, 1.807) is 21.9 Å². The van der Waals surface area contributed by atoms with Crippen molar-refractivity contribution in [2.45, 2.75) is 51.6 Å². The maximum atomic E-state index is 12.4. The first kappa shape index (κ1) is 14.6. The van der Waals surface area contributed by atoms with Crippen LogP contribution in [0.2, 0.25) is 0 Å². The van der Waals surface area contributed by atoms with E-state index in [9.17, 15) is 14.7 Å². The molecule has 1 aliphatic rings. The minimum atomic E-state index is -0.989. The van der Waals surface area contributed by atoms with Crippen molar-refractivity contribution < 1.29 is 9.90 Å². The fourth-order valence-electron chi connectivity index (χ4n) is 2.97. The molecule has 0 bridgehead atoms. The Balaban J connectivity index is 2.48. The van der Waals surface area contributed by atoms with Gasteiger partial charge in [0, 0.05) is 25.5 Å². The van der Waals surface area contributed by atoms with Gasteiger partial charge in [-0.25, -0.2) is 9.78 Å². The lowest BCUT2D eigenvalue weighted by atomic mass is 9.93. The van der Waals surface area contributed by atoms with Crippen molar-refractivity contribution in [2.24, 2.45) is 0 Å². The standard InChI is InChI=1S/C14H21N3O3/c1-3-8-16-10-7-15-11(12(16)18)17-9-5-6-14(17,4-2)13(19)20/h7,10H,3-6,8-9H2,1-2H3,(H,19,20). The molecule has 110 valence electrons. The Kier molecular flexibility index (Phi) is 4.11. The van der Waals surface area contributed by atoms with Crippen LogP contribution in [-0.2, 0) is 11.3 Å². The average molecular weight is 279 g/mol. The molecule has 6 nitrogen and oxygen atoms in total. The highest BCUT2D eigenvalue weighted by Gasteiger charge is 2.47. The van der Waals surface area contributed by atoms with Crippen LogP contribution in [0.1, 0.15) is 39.5 Å². The van der Waals surface area contributed by atoms with E-state index < -0.39 is 11.5 Å². The van der Waals surface area contributed by atoms with Gasteiger partial charge in [-0.1, -0.05) is 13.8 Å². The molecule has 6 heteroatoms. The Morgan fingerprint density at radius 1 is 1.50 bits per heavy atom. The lowest BCUT2D eigenvalue weighted by Gasteiger charge is -2.34. The van der Waals surface area contributed by atoms with Crippen molar-refractivity contribution in [1.82, 2.24) is 9.55 Å². The number of aliphatic carboxylic acids is 1. The number of carboxylic acids is 1. The molecule has 0 aromatic carbocycles. The number of hydrogen-bond acceptors (Lipinski definition) is 4. The summed E-state index contributed by atoms with van der Waals surface area (Å²) in [7, 11) is 0. The highest BCUT2D eigenvalue weighted by atomic mass is 16.4. The minimum Gasteiger partial charge on any atom is -0.479 e. The first-order chi connectivity index (χ1) is 9.56. The van der Waals surface area contributed by atoms with E-state index in [0.29, 0.717) is 25.9 Å². The molecular formula is C14H21N3O3. The van der Waals surface area contributed by atoms with Crippen LogP contribution in [0.25, 0.3) is 0 Å². The Bertz CT molecular complexity index is 555. The van der Waals surface area contributed by atoms with E-state index in [-0.39, 0.29) is 11.4 Å². The second-order valence-corrected chi connectivity index (χ2v) is 5.19. The summed E-state index contributed by atoms with van der Waals surface area (Å²) in [5.41, 5.74) is -1.19. The smallest absolute Gasteiger partial charge is 0.329 e. The van der Waals surface area contributed by atoms with E-state index in [1.807, 2.05) is 13.8 Å².